The van der Waals surface area contributed by atoms with Crippen molar-refractivity contribution >= 4 is 17.4 Å². The largest absolute Gasteiger partial charge is 0.331 e. The van der Waals surface area contributed by atoms with Crippen molar-refractivity contribution in [1.29, 1.82) is 0 Å². The van der Waals surface area contributed by atoms with E-state index in [-0.39, 0.29) is 17.9 Å². The van der Waals surface area contributed by atoms with Crippen molar-refractivity contribution in [3.8, 4) is 0 Å². The van der Waals surface area contributed by atoms with E-state index < -0.39 is 0 Å². The molecule has 0 spiro atoms. The molecule has 2 heterocycles. The van der Waals surface area contributed by atoms with Gasteiger partial charge in [-0.3, -0.25) is 4.79 Å². The number of hydrogen-bond donors (Lipinski definition) is 0. The molecular formula is C19H26N4OS. The maximum absolute atomic E-state index is 13.1. The Balaban J connectivity index is 1.80. The van der Waals surface area contributed by atoms with Crippen LogP contribution in [0.5, 0.6) is 0 Å². The fraction of sp³-hybridized carbons (Fsp3) is 0.526. The van der Waals surface area contributed by atoms with Crippen molar-refractivity contribution in [2.45, 2.75) is 45.2 Å². The summed E-state index contributed by atoms with van der Waals surface area (Å²) in [6.07, 6.45) is 2.06. The second-order valence-electron chi connectivity index (χ2n) is 7.28. The quantitative estimate of drug-likeness (QED) is 0.818. The average molecular weight is 359 g/mol. The Labute approximate surface area is 153 Å². The summed E-state index contributed by atoms with van der Waals surface area (Å²) in [6, 6.07) is 8.84. The highest BCUT2D eigenvalue weighted by molar-refractivity contribution is 7.08. The number of likely N-dealkylation sites (tertiary alicyclic amines) is 1. The summed E-state index contributed by atoms with van der Waals surface area (Å²) in [5.41, 5.74) is 3.33. The number of benzene rings is 1. The van der Waals surface area contributed by atoms with Gasteiger partial charge in [0.15, 0.2) is 0 Å². The molecule has 0 aliphatic carbocycles. The summed E-state index contributed by atoms with van der Waals surface area (Å²) >= 11 is 1.22. The van der Waals surface area contributed by atoms with E-state index >= 15 is 0 Å². The molecule has 0 unspecified atom stereocenters. The molecule has 2 aromatic rings. The number of hydrogen-bond acceptors (Lipinski definition) is 5. The molecule has 1 amide bonds. The molecule has 0 bridgehead atoms. The third kappa shape index (κ3) is 3.90. The predicted molar refractivity (Wildman–Crippen MR) is 101 cm³/mol. The molecule has 0 N–H and O–H groups in total. The minimum atomic E-state index is 0.0820. The monoisotopic (exact) mass is 358 g/mol. The van der Waals surface area contributed by atoms with E-state index in [2.05, 4.69) is 66.7 Å². The Morgan fingerprint density at radius 2 is 2.04 bits per heavy atom. The van der Waals surface area contributed by atoms with Gasteiger partial charge in [-0.05, 0) is 55.5 Å². The lowest BCUT2D eigenvalue weighted by atomic mass is 10.0. The molecule has 1 aliphatic heterocycles. The van der Waals surface area contributed by atoms with Crippen molar-refractivity contribution in [3.63, 3.8) is 0 Å². The molecule has 1 aromatic heterocycles. The maximum atomic E-state index is 13.1. The van der Waals surface area contributed by atoms with Crippen LogP contribution in [0.3, 0.4) is 0 Å². The number of carbonyl (C=O) groups is 1. The molecule has 5 nitrogen and oxygen atoms in total. The van der Waals surface area contributed by atoms with Crippen LogP contribution in [0.15, 0.2) is 24.3 Å². The molecule has 25 heavy (non-hydrogen) atoms. The van der Waals surface area contributed by atoms with Gasteiger partial charge >= 0.3 is 0 Å². The van der Waals surface area contributed by atoms with Crippen LogP contribution >= 0.6 is 11.5 Å². The summed E-state index contributed by atoms with van der Waals surface area (Å²) in [4.78, 5) is 17.9. The molecule has 134 valence electrons. The fourth-order valence-electron chi connectivity index (χ4n) is 3.42. The number of carbonyl (C=O) groups excluding carboxylic acids is 1. The molecule has 1 atom stereocenters. The zero-order valence-electron chi connectivity index (χ0n) is 15.4. The lowest BCUT2D eigenvalue weighted by molar-refractivity contribution is 0.0739. The first-order chi connectivity index (χ1) is 12.0. The van der Waals surface area contributed by atoms with Gasteiger partial charge in [-0.1, -0.05) is 42.6 Å². The van der Waals surface area contributed by atoms with Gasteiger partial charge in [0.2, 0.25) is 0 Å². The number of amides is 1. The van der Waals surface area contributed by atoms with Crippen LogP contribution in [0.1, 0.15) is 65.1 Å². The van der Waals surface area contributed by atoms with E-state index in [9.17, 15) is 4.79 Å². The third-order valence-electron chi connectivity index (χ3n) is 4.63. The van der Waals surface area contributed by atoms with E-state index in [0.29, 0.717) is 4.88 Å². The maximum Gasteiger partial charge on any atom is 0.268 e. The van der Waals surface area contributed by atoms with Gasteiger partial charge in [0.25, 0.3) is 5.91 Å². The Bertz CT molecular complexity index is 723. The molecule has 1 fully saturated rings. The van der Waals surface area contributed by atoms with E-state index in [4.69, 9.17) is 0 Å². The van der Waals surface area contributed by atoms with Gasteiger partial charge in [0, 0.05) is 13.1 Å². The summed E-state index contributed by atoms with van der Waals surface area (Å²) in [7, 11) is 4.14. The summed E-state index contributed by atoms with van der Waals surface area (Å²) in [5.74, 6) is 0.294. The summed E-state index contributed by atoms with van der Waals surface area (Å²) < 4.78 is 4.01. The highest BCUT2D eigenvalue weighted by atomic mass is 32.1. The van der Waals surface area contributed by atoms with E-state index in [1.54, 1.807) is 0 Å². The van der Waals surface area contributed by atoms with Crippen LogP contribution in [0.2, 0.25) is 0 Å². The Morgan fingerprint density at radius 3 is 2.68 bits per heavy atom. The molecular weight excluding hydrogens is 332 g/mol. The summed E-state index contributed by atoms with van der Waals surface area (Å²) in [5, 5.41) is 4.16. The van der Waals surface area contributed by atoms with Crippen molar-refractivity contribution in [1.82, 2.24) is 19.4 Å². The SMILES string of the molecule is CC(C)c1nnsc1C(=O)N1CCC[C@@H]1c1ccc(CN(C)C)cc1. The van der Waals surface area contributed by atoms with E-state index in [0.717, 1.165) is 31.6 Å². The number of rotatable bonds is 5. The van der Waals surface area contributed by atoms with Crippen LogP contribution in [0.25, 0.3) is 0 Å². The van der Waals surface area contributed by atoms with E-state index in [1.165, 1.54) is 22.7 Å². The van der Waals surface area contributed by atoms with Gasteiger partial charge in [0.1, 0.15) is 4.88 Å². The molecule has 6 heteroatoms. The van der Waals surface area contributed by atoms with Crippen LogP contribution in [-0.2, 0) is 6.54 Å². The summed E-state index contributed by atoms with van der Waals surface area (Å²) in [6.45, 7) is 5.84. The van der Waals surface area contributed by atoms with Crippen molar-refractivity contribution in [3.05, 3.63) is 46.0 Å². The van der Waals surface area contributed by atoms with Crippen LogP contribution in [0.4, 0.5) is 0 Å². The second kappa shape index (κ2) is 7.62. The lowest BCUT2D eigenvalue weighted by Crippen LogP contribution is -2.30. The topological polar surface area (TPSA) is 49.3 Å². The van der Waals surface area contributed by atoms with Gasteiger partial charge in [-0.25, -0.2) is 0 Å². The van der Waals surface area contributed by atoms with Crippen molar-refractivity contribution in [2.24, 2.45) is 0 Å². The first kappa shape index (κ1) is 18.0. The molecule has 3 rings (SSSR count). The zero-order chi connectivity index (χ0) is 18.0. The number of nitrogens with zero attached hydrogens (tertiary/aromatic N) is 4. The van der Waals surface area contributed by atoms with Crippen LogP contribution in [-0.4, -0.2) is 45.9 Å². The van der Waals surface area contributed by atoms with Gasteiger partial charge in [-0.2, -0.15) is 0 Å². The fourth-order valence-corrected chi connectivity index (χ4v) is 4.20. The Hall–Kier alpha value is -1.79. The molecule has 1 aromatic carbocycles. The standard InChI is InChI=1S/C19H26N4OS/c1-13(2)17-18(25-21-20-17)19(24)23-11-5-6-16(23)15-9-7-14(8-10-15)12-22(3)4/h7-10,13,16H,5-6,11-12H2,1-4H3/t16-/m1/s1. The zero-order valence-corrected chi connectivity index (χ0v) is 16.2. The molecule has 0 saturated carbocycles. The van der Waals surface area contributed by atoms with Crippen LogP contribution in [0, 0.1) is 0 Å². The minimum absolute atomic E-state index is 0.0820. The molecule has 1 aliphatic rings. The van der Waals surface area contributed by atoms with Crippen molar-refractivity contribution < 1.29 is 4.79 Å². The first-order valence-corrected chi connectivity index (χ1v) is 9.61. The first-order valence-electron chi connectivity index (χ1n) is 8.84. The van der Waals surface area contributed by atoms with Gasteiger partial charge in [0.05, 0.1) is 11.7 Å². The molecule has 1 saturated heterocycles. The van der Waals surface area contributed by atoms with E-state index in [1.807, 2.05) is 4.90 Å². The predicted octanol–water partition coefficient (Wildman–Crippen LogP) is 3.70. The normalized spacial score (nSPS) is 17.7. The number of aromatic nitrogens is 2. The third-order valence-corrected chi connectivity index (χ3v) is 5.36. The lowest BCUT2D eigenvalue weighted by Gasteiger charge is -2.25. The van der Waals surface area contributed by atoms with Crippen molar-refractivity contribution in [2.75, 3.05) is 20.6 Å². The minimum Gasteiger partial charge on any atom is -0.331 e. The van der Waals surface area contributed by atoms with Gasteiger partial charge in [-0.15, -0.1) is 5.10 Å². The highest BCUT2D eigenvalue weighted by Crippen LogP contribution is 2.34. The van der Waals surface area contributed by atoms with Crippen LogP contribution < -0.4 is 0 Å². The molecule has 0 radical (unpaired) electrons. The van der Waals surface area contributed by atoms with Gasteiger partial charge < -0.3 is 9.80 Å². The average Bonchev–Trinajstić information content (AvgIpc) is 3.24. The Kier molecular flexibility index (Phi) is 5.49. The smallest absolute Gasteiger partial charge is 0.268 e. The highest BCUT2D eigenvalue weighted by Gasteiger charge is 2.33. The Morgan fingerprint density at radius 1 is 1.32 bits per heavy atom. The second-order valence-corrected chi connectivity index (χ2v) is 8.03.